The number of benzene rings is 1. The first-order chi connectivity index (χ1) is 11.3. The minimum Gasteiger partial charge on any atom is -0.356 e. The number of aromatic nitrogens is 2. The fourth-order valence-corrected chi connectivity index (χ4v) is 2.94. The van der Waals surface area contributed by atoms with E-state index in [1.165, 1.54) is 5.52 Å². The second kappa shape index (κ2) is 7.44. The number of aryl methyl sites for hydroxylation is 1. The van der Waals surface area contributed by atoms with Crippen LogP contribution in [0.15, 0.2) is 36.9 Å². The zero-order valence-corrected chi connectivity index (χ0v) is 13.6. The van der Waals surface area contributed by atoms with E-state index < -0.39 is 0 Å². The van der Waals surface area contributed by atoms with E-state index in [9.17, 15) is 4.79 Å². The average molecular weight is 311 g/mol. The molecule has 3 rings (SSSR count). The Balaban J connectivity index is 1.47. The summed E-state index contributed by atoms with van der Waals surface area (Å²) in [5.74, 6) is 1.69. The lowest BCUT2D eigenvalue weighted by Gasteiger charge is -2.07. The molecular formula is C19H25N3O. The minimum absolute atomic E-state index is 0.248. The van der Waals surface area contributed by atoms with E-state index in [0.717, 1.165) is 63.0 Å². The first-order valence-corrected chi connectivity index (χ1v) is 8.62. The molecule has 0 radical (unpaired) electrons. The molecule has 1 N–H and O–H groups in total. The predicted octanol–water partition coefficient (Wildman–Crippen LogP) is 3.46. The van der Waals surface area contributed by atoms with Crippen LogP contribution in [-0.2, 0) is 17.8 Å². The molecule has 4 heteroatoms. The van der Waals surface area contributed by atoms with Crippen molar-refractivity contribution in [2.24, 2.45) is 5.92 Å². The zero-order valence-electron chi connectivity index (χ0n) is 13.6. The average Bonchev–Trinajstić information content (AvgIpc) is 3.35. The number of carbonyl (C=O) groups is 1. The molecule has 1 amide bonds. The highest BCUT2D eigenvalue weighted by molar-refractivity contribution is 5.80. The number of hydrogen-bond acceptors (Lipinski definition) is 2. The third kappa shape index (κ3) is 4.01. The van der Waals surface area contributed by atoms with Crippen molar-refractivity contribution < 1.29 is 4.79 Å². The van der Waals surface area contributed by atoms with E-state index in [1.807, 2.05) is 12.1 Å². The maximum atomic E-state index is 11.5. The lowest BCUT2D eigenvalue weighted by atomic mass is 10.2. The largest absolute Gasteiger partial charge is 0.356 e. The topological polar surface area (TPSA) is 46.9 Å². The monoisotopic (exact) mass is 311 g/mol. The van der Waals surface area contributed by atoms with Crippen LogP contribution in [0.2, 0.25) is 0 Å². The summed E-state index contributed by atoms with van der Waals surface area (Å²) in [5.41, 5.74) is 2.24. The first kappa shape index (κ1) is 15.8. The number of unbranched alkanes of at least 4 members (excludes halogenated alkanes) is 2. The SMILES string of the molecule is C=CCn1c(CCCCCNC(=O)C2CC2)nc2ccccc21. The first-order valence-electron chi connectivity index (χ1n) is 8.62. The van der Waals surface area contributed by atoms with Gasteiger partial charge in [-0.3, -0.25) is 4.79 Å². The summed E-state index contributed by atoms with van der Waals surface area (Å²) >= 11 is 0. The van der Waals surface area contributed by atoms with Gasteiger partial charge in [0.1, 0.15) is 5.82 Å². The molecule has 1 saturated carbocycles. The number of rotatable bonds is 9. The fourth-order valence-electron chi connectivity index (χ4n) is 2.94. The van der Waals surface area contributed by atoms with Crippen LogP contribution >= 0.6 is 0 Å². The lowest BCUT2D eigenvalue weighted by Crippen LogP contribution is -2.25. The van der Waals surface area contributed by atoms with Gasteiger partial charge >= 0.3 is 0 Å². The normalized spacial score (nSPS) is 14.1. The quantitative estimate of drug-likeness (QED) is 0.569. The Bertz CT molecular complexity index is 685. The van der Waals surface area contributed by atoms with Gasteiger partial charge in [-0.15, -0.1) is 6.58 Å². The third-order valence-corrected chi connectivity index (χ3v) is 4.37. The van der Waals surface area contributed by atoms with E-state index in [1.54, 1.807) is 0 Å². The van der Waals surface area contributed by atoms with Crippen molar-refractivity contribution in [1.29, 1.82) is 0 Å². The number of hydrogen-bond donors (Lipinski definition) is 1. The van der Waals surface area contributed by atoms with Gasteiger partial charge in [-0.2, -0.15) is 0 Å². The van der Waals surface area contributed by atoms with Gasteiger partial charge in [0.15, 0.2) is 0 Å². The number of fused-ring (bicyclic) bond motifs is 1. The molecule has 0 spiro atoms. The summed E-state index contributed by atoms with van der Waals surface area (Å²) < 4.78 is 2.25. The fraction of sp³-hybridized carbons (Fsp3) is 0.474. The maximum absolute atomic E-state index is 11.5. The molecule has 0 atom stereocenters. The van der Waals surface area contributed by atoms with Gasteiger partial charge in [0.25, 0.3) is 0 Å². The molecule has 1 fully saturated rings. The molecule has 0 unspecified atom stereocenters. The highest BCUT2D eigenvalue weighted by atomic mass is 16.2. The molecule has 1 aliphatic rings. The standard InChI is InChI=1S/C19H25N3O/c1-2-14-22-17-9-6-5-8-16(17)21-18(22)10-4-3-7-13-20-19(23)15-11-12-15/h2,5-6,8-9,15H,1,3-4,7,10-14H2,(H,20,23). The van der Waals surface area contributed by atoms with Crippen LogP contribution in [0.4, 0.5) is 0 Å². The van der Waals surface area contributed by atoms with Gasteiger partial charge in [-0.05, 0) is 37.8 Å². The van der Waals surface area contributed by atoms with Crippen LogP contribution in [0, 0.1) is 5.92 Å². The van der Waals surface area contributed by atoms with Gasteiger partial charge < -0.3 is 9.88 Å². The van der Waals surface area contributed by atoms with Crippen LogP contribution in [0.5, 0.6) is 0 Å². The van der Waals surface area contributed by atoms with Crippen molar-refractivity contribution in [2.45, 2.75) is 45.1 Å². The second-order valence-electron chi connectivity index (χ2n) is 6.29. The molecule has 1 aliphatic carbocycles. The summed E-state index contributed by atoms with van der Waals surface area (Å²) in [7, 11) is 0. The van der Waals surface area contributed by atoms with Gasteiger partial charge in [-0.25, -0.2) is 4.98 Å². The van der Waals surface area contributed by atoms with Crippen LogP contribution in [0.3, 0.4) is 0 Å². The molecule has 0 bridgehead atoms. The number of para-hydroxylation sites is 2. The van der Waals surface area contributed by atoms with E-state index in [4.69, 9.17) is 4.98 Å². The van der Waals surface area contributed by atoms with Crippen molar-refractivity contribution in [3.05, 3.63) is 42.7 Å². The zero-order chi connectivity index (χ0) is 16.1. The molecule has 1 aromatic carbocycles. The van der Waals surface area contributed by atoms with Crippen molar-refractivity contribution in [3.63, 3.8) is 0 Å². The highest BCUT2D eigenvalue weighted by Gasteiger charge is 2.28. The van der Waals surface area contributed by atoms with Crippen molar-refractivity contribution >= 4 is 16.9 Å². The number of allylic oxidation sites excluding steroid dienone is 1. The van der Waals surface area contributed by atoms with E-state index in [-0.39, 0.29) is 5.91 Å². The number of nitrogens with zero attached hydrogens (tertiary/aromatic N) is 2. The summed E-state index contributed by atoms with van der Waals surface area (Å²) in [6, 6.07) is 8.25. The smallest absolute Gasteiger partial charge is 0.223 e. The molecule has 23 heavy (non-hydrogen) atoms. The number of nitrogens with one attached hydrogen (secondary N) is 1. The summed E-state index contributed by atoms with van der Waals surface area (Å²) in [5, 5.41) is 3.02. The minimum atomic E-state index is 0.248. The Hall–Kier alpha value is -2.10. The second-order valence-corrected chi connectivity index (χ2v) is 6.29. The van der Waals surface area contributed by atoms with Crippen molar-refractivity contribution in [2.75, 3.05) is 6.54 Å². The number of imidazole rings is 1. The Morgan fingerprint density at radius 1 is 1.30 bits per heavy atom. The molecule has 0 aliphatic heterocycles. The number of carbonyl (C=O) groups excluding carboxylic acids is 1. The van der Waals surface area contributed by atoms with Gasteiger partial charge in [0, 0.05) is 25.4 Å². The lowest BCUT2D eigenvalue weighted by molar-refractivity contribution is -0.122. The van der Waals surface area contributed by atoms with Crippen molar-refractivity contribution in [3.8, 4) is 0 Å². The Kier molecular flexibility index (Phi) is 5.11. The van der Waals surface area contributed by atoms with Crippen LogP contribution in [-0.4, -0.2) is 22.0 Å². The molecule has 4 nitrogen and oxygen atoms in total. The Morgan fingerprint density at radius 2 is 2.13 bits per heavy atom. The Morgan fingerprint density at radius 3 is 2.91 bits per heavy atom. The molecule has 2 aromatic rings. The van der Waals surface area contributed by atoms with Crippen LogP contribution in [0.1, 0.15) is 37.9 Å². The van der Waals surface area contributed by atoms with Gasteiger partial charge in [0.2, 0.25) is 5.91 Å². The van der Waals surface area contributed by atoms with E-state index in [0.29, 0.717) is 5.92 Å². The van der Waals surface area contributed by atoms with Crippen LogP contribution in [0.25, 0.3) is 11.0 Å². The summed E-state index contributed by atoms with van der Waals surface area (Å²) in [6.45, 7) is 5.45. The summed E-state index contributed by atoms with van der Waals surface area (Å²) in [4.78, 5) is 16.3. The highest BCUT2D eigenvalue weighted by Crippen LogP contribution is 2.28. The van der Waals surface area contributed by atoms with Gasteiger partial charge in [-0.1, -0.05) is 24.6 Å². The molecular weight excluding hydrogens is 286 g/mol. The molecule has 1 heterocycles. The predicted molar refractivity (Wildman–Crippen MR) is 93.2 cm³/mol. The van der Waals surface area contributed by atoms with E-state index in [2.05, 4.69) is 34.7 Å². The van der Waals surface area contributed by atoms with Gasteiger partial charge in [0.05, 0.1) is 11.0 Å². The molecule has 122 valence electrons. The maximum Gasteiger partial charge on any atom is 0.223 e. The summed E-state index contributed by atoms with van der Waals surface area (Å²) in [6.07, 6.45) is 8.29. The van der Waals surface area contributed by atoms with E-state index >= 15 is 0 Å². The Labute approximate surface area is 137 Å². The molecule has 1 aromatic heterocycles. The van der Waals surface area contributed by atoms with Crippen LogP contribution < -0.4 is 5.32 Å². The molecule has 0 saturated heterocycles. The number of amides is 1. The third-order valence-electron chi connectivity index (χ3n) is 4.37. The van der Waals surface area contributed by atoms with Crippen molar-refractivity contribution in [1.82, 2.24) is 14.9 Å².